The van der Waals surface area contributed by atoms with E-state index in [0.717, 1.165) is 29.3 Å². The average molecular weight is 435 g/mol. The number of amides is 1. The van der Waals surface area contributed by atoms with Gasteiger partial charge in [-0.1, -0.05) is 18.2 Å². The summed E-state index contributed by atoms with van der Waals surface area (Å²) in [4.78, 5) is 33.1. The number of hydrogen-bond donors (Lipinski definition) is 0. The molecule has 0 radical (unpaired) electrons. The molecule has 4 aromatic rings. The molecule has 1 amide bonds. The number of rotatable bonds is 5. The molecule has 3 aromatic heterocycles. The Morgan fingerprint density at radius 3 is 2.84 bits per heavy atom. The zero-order valence-electron chi connectivity index (χ0n) is 18.3. The van der Waals surface area contributed by atoms with Crippen LogP contribution in [-0.2, 0) is 18.3 Å². The first kappa shape index (κ1) is 20.4. The Labute approximate surface area is 184 Å². The van der Waals surface area contributed by atoms with Gasteiger partial charge >= 0.3 is 5.69 Å². The van der Waals surface area contributed by atoms with Gasteiger partial charge in [0, 0.05) is 38.8 Å². The van der Waals surface area contributed by atoms with Crippen LogP contribution < -0.4 is 5.69 Å². The summed E-state index contributed by atoms with van der Waals surface area (Å²) in [6.45, 7) is 1.99. The topological polar surface area (TPSA) is 87.2 Å². The van der Waals surface area contributed by atoms with Crippen molar-refractivity contribution in [2.24, 2.45) is 7.05 Å². The van der Waals surface area contributed by atoms with Crippen LogP contribution in [0, 0.1) is 0 Å². The van der Waals surface area contributed by atoms with Gasteiger partial charge in [0.15, 0.2) is 11.3 Å². The van der Waals surface area contributed by atoms with E-state index in [0.29, 0.717) is 37.6 Å². The molecular formula is C23H26N6O3. The SMILES string of the molecule is COCCn1c(=O)n([C@H]2CCCN(C(=O)c3nn(C)c4ccccc34)C2)c2ncccc21. The number of nitrogens with zero attached hydrogens (tertiary/aromatic N) is 6. The molecule has 1 saturated heterocycles. The predicted octanol–water partition coefficient (Wildman–Crippen LogP) is 2.21. The lowest BCUT2D eigenvalue weighted by molar-refractivity contribution is 0.0674. The Hall–Kier alpha value is -3.46. The monoisotopic (exact) mass is 434 g/mol. The highest BCUT2D eigenvalue weighted by Crippen LogP contribution is 2.26. The molecule has 32 heavy (non-hydrogen) atoms. The van der Waals surface area contributed by atoms with E-state index < -0.39 is 0 Å². The highest BCUT2D eigenvalue weighted by Gasteiger charge is 2.31. The first-order chi connectivity index (χ1) is 15.6. The van der Waals surface area contributed by atoms with Crippen LogP contribution in [0.3, 0.4) is 0 Å². The summed E-state index contributed by atoms with van der Waals surface area (Å²) < 4.78 is 10.4. The smallest absolute Gasteiger partial charge is 0.330 e. The van der Waals surface area contributed by atoms with Crippen molar-refractivity contribution in [2.45, 2.75) is 25.4 Å². The van der Waals surface area contributed by atoms with Crippen LogP contribution in [0.25, 0.3) is 22.1 Å². The largest absolute Gasteiger partial charge is 0.383 e. The molecule has 1 aliphatic heterocycles. The van der Waals surface area contributed by atoms with Gasteiger partial charge in [0.2, 0.25) is 0 Å². The zero-order valence-corrected chi connectivity index (χ0v) is 18.3. The third-order valence-electron chi connectivity index (χ3n) is 6.25. The van der Waals surface area contributed by atoms with E-state index in [1.807, 2.05) is 48.3 Å². The maximum atomic E-state index is 13.4. The summed E-state index contributed by atoms with van der Waals surface area (Å²) in [5.74, 6) is -0.101. The van der Waals surface area contributed by atoms with Gasteiger partial charge in [0.1, 0.15) is 0 Å². The van der Waals surface area contributed by atoms with Gasteiger partial charge in [-0.15, -0.1) is 0 Å². The fourth-order valence-electron chi connectivity index (χ4n) is 4.71. The molecule has 1 fully saturated rings. The van der Waals surface area contributed by atoms with Gasteiger partial charge in [-0.3, -0.25) is 18.6 Å². The average Bonchev–Trinajstić information content (AvgIpc) is 3.31. The van der Waals surface area contributed by atoms with Crippen molar-refractivity contribution in [1.29, 1.82) is 0 Å². The molecule has 0 spiro atoms. The minimum absolute atomic E-state index is 0.101. The number of hydrogen-bond acceptors (Lipinski definition) is 5. The summed E-state index contributed by atoms with van der Waals surface area (Å²) in [5, 5.41) is 5.34. The van der Waals surface area contributed by atoms with E-state index in [9.17, 15) is 9.59 Å². The molecule has 1 atom stereocenters. The van der Waals surface area contributed by atoms with Gasteiger partial charge in [0.05, 0.1) is 30.2 Å². The molecule has 0 aliphatic carbocycles. The van der Waals surface area contributed by atoms with Gasteiger partial charge in [0.25, 0.3) is 5.91 Å². The molecule has 5 rings (SSSR count). The van der Waals surface area contributed by atoms with Crippen molar-refractivity contribution >= 4 is 28.0 Å². The molecule has 1 aromatic carbocycles. The minimum Gasteiger partial charge on any atom is -0.383 e. The molecule has 0 bridgehead atoms. The number of imidazole rings is 1. The Bertz CT molecular complexity index is 1350. The maximum absolute atomic E-state index is 13.4. The quantitative estimate of drug-likeness (QED) is 0.481. The lowest BCUT2D eigenvalue weighted by atomic mass is 10.0. The number of piperidine rings is 1. The van der Waals surface area contributed by atoms with E-state index in [1.165, 1.54) is 0 Å². The predicted molar refractivity (Wildman–Crippen MR) is 121 cm³/mol. The molecule has 0 N–H and O–H groups in total. The Kier molecular flexibility index (Phi) is 5.26. The summed E-state index contributed by atoms with van der Waals surface area (Å²) >= 11 is 0. The van der Waals surface area contributed by atoms with Crippen molar-refractivity contribution in [3.05, 3.63) is 58.8 Å². The van der Waals surface area contributed by atoms with Gasteiger partial charge in [-0.25, -0.2) is 9.78 Å². The lowest BCUT2D eigenvalue weighted by Gasteiger charge is -2.32. The van der Waals surface area contributed by atoms with Crippen molar-refractivity contribution in [1.82, 2.24) is 28.8 Å². The fraction of sp³-hybridized carbons (Fsp3) is 0.391. The highest BCUT2D eigenvalue weighted by atomic mass is 16.5. The summed E-state index contributed by atoms with van der Waals surface area (Å²) in [6.07, 6.45) is 3.32. The van der Waals surface area contributed by atoms with Crippen molar-refractivity contribution in [3.8, 4) is 0 Å². The number of pyridine rings is 1. The molecule has 4 heterocycles. The zero-order chi connectivity index (χ0) is 22.2. The number of para-hydroxylation sites is 1. The number of carbonyl (C=O) groups excluding carboxylic acids is 1. The van der Waals surface area contributed by atoms with Crippen LogP contribution in [0.4, 0.5) is 0 Å². The normalized spacial score (nSPS) is 16.8. The standard InChI is InChI=1S/C23H26N6O3/c1-26-18-9-4-3-8-17(18)20(25-26)22(30)27-12-6-7-16(15-27)29-21-19(10-5-11-24-21)28(23(29)31)13-14-32-2/h3-5,8-11,16H,6-7,12-15H2,1-2H3/t16-/m0/s1. The number of aryl methyl sites for hydroxylation is 1. The third kappa shape index (κ3) is 3.29. The Balaban J connectivity index is 1.49. The maximum Gasteiger partial charge on any atom is 0.330 e. The van der Waals surface area contributed by atoms with Crippen LogP contribution in [0.15, 0.2) is 47.4 Å². The van der Waals surface area contributed by atoms with Gasteiger partial charge in [-0.05, 0) is 31.0 Å². The molecule has 1 aliphatic rings. The van der Waals surface area contributed by atoms with E-state index in [-0.39, 0.29) is 17.6 Å². The molecular weight excluding hydrogens is 408 g/mol. The fourth-order valence-corrected chi connectivity index (χ4v) is 4.71. The van der Waals surface area contributed by atoms with Gasteiger partial charge < -0.3 is 9.64 Å². The van der Waals surface area contributed by atoms with E-state index in [1.54, 1.807) is 27.1 Å². The molecule has 166 valence electrons. The number of carbonyl (C=O) groups is 1. The van der Waals surface area contributed by atoms with Gasteiger partial charge in [-0.2, -0.15) is 5.10 Å². The molecule has 0 unspecified atom stereocenters. The van der Waals surface area contributed by atoms with Crippen molar-refractivity contribution in [2.75, 3.05) is 26.8 Å². The molecule has 9 heteroatoms. The van der Waals surface area contributed by atoms with E-state index >= 15 is 0 Å². The highest BCUT2D eigenvalue weighted by molar-refractivity contribution is 6.04. The molecule has 9 nitrogen and oxygen atoms in total. The Morgan fingerprint density at radius 2 is 2.00 bits per heavy atom. The van der Waals surface area contributed by atoms with Crippen LogP contribution in [0.2, 0.25) is 0 Å². The lowest BCUT2D eigenvalue weighted by Crippen LogP contribution is -2.43. The first-order valence-corrected chi connectivity index (χ1v) is 10.9. The first-order valence-electron chi connectivity index (χ1n) is 10.9. The number of likely N-dealkylation sites (tertiary alicyclic amines) is 1. The minimum atomic E-state index is -0.142. The van der Waals surface area contributed by atoms with Crippen molar-refractivity contribution < 1.29 is 9.53 Å². The molecule has 0 saturated carbocycles. The second kappa shape index (κ2) is 8.23. The summed E-state index contributed by atoms with van der Waals surface area (Å²) in [6, 6.07) is 11.3. The second-order valence-electron chi connectivity index (χ2n) is 8.18. The second-order valence-corrected chi connectivity index (χ2v) is 8.18. The van der Waals surface area contributed by atoms with Crippen LogP contribution >= 0.6 is 0 Å². The third-order valence-corrected chi connectivity index (χ3v) is 6.25. The number of benzene rings is 1. The Morgan fingerprint density at radius 1 is 1.19 bits per heavy atom. The summed E-state index contributed by atoms with van der Waals surface area (Å²) in [5.41, 5.74) is 2.70. The number of methoxy groups -OCH3 is 1. The van der Waals surface area contributed by atoms with Crippen LogP contribution in [-0.4, -0.2) is 61.5 Å². The number of ether oxygens (including phenoxy) is 1. The van der Waals surface area contributed by atoms with Crippen molar-refractivity contribution in [3.63, 3.8) is 0 Å². The summed E-state index contributed by atoms with van der Waals surface area (Å²) in [7, 11) is 3.46. The van der Waals surface area contributed by atoms with Crippen LogP contribution in [0.5, 0.6) is 0 Å². The van der Waals surface area contributed by atoms with E-state index in [2.05, 4.69) is 10.1 Å². The van der Waals surface area contributed by atoms with Crippen LogP contribution in [0.1, 0.15) is 29.4 Å². The number of fused-ring (bicyclic) bond motifs is 2. The number of aromatic nitrogens is 5. The van der Waals surface area contributed by atoms with E-state index in [4.69, 9.17) is 4.74 Å².